The van der Waals surface area contributed by atoms with Crippen molar-refractivity contribution in [2.45, 2.75) is 65.0 Å². The van der Waals surface area contributed by atoms with Gasteiger partial charge in [-0.2, -0.15) is 4.57 Å². The van der Waals surface area contributed by atoms with E-state index in [0.29, 0.717) is 13.2 Å². The van der Waals surface area contributed by atoms with Gasteiger partial charge in [-0.3, -0.25) is 4.79 Å². The Morgan fingerprint density at radius 1 is 0.950 bits per heavy atom. The third-order valence-electron chi connectivity index (χ3n) is 3.14. The van der Waals surface area contributed by atoms with E-state index in [2.05, 4.69) is 6.92 Å². The zero-order valence-corrected chi connectivity index (χ0v) is 13.1. The molecule has 0 radical (unpaired) electrons. The van der Waals surface area contributed by atoms with Crippen molar-refractivity contribution in [3.8, 4) is 0 Å². The molecule has 0 unspecified atom stereocenters. The summed E-state index contributed by atoms with van der Waals surface area (Å²) in [6.45, 7) is 2.54. The molecule has 0 N–H and O–H groups in total. The summed E-state index contributed by atoms with van der Waals surface area (Å²) >= 11 is 0. The van der Waals surface area contributed by atoms with Gasteiger partial charge in [-0.1, -0.05) is 51.5 Å². The van der Waals surface area contributed by atoms with Crippen LogP contribution in [0.2, 0.25) is 0 Å². The molecule has 0 aliphatic heterocycles. The van der Waals surface area contributed by atoms with E-state index < -0.39 is 0 Å². The number of aromatic nitrogens is 1. The van der Waals surface area contributed by atoms with Crippen LogP contribution in [0.15, 0.2) is 30.6 Å². The van der Waals surface area contributed by atoms with Crippen LogP contribution in [0, 0.1) is 0 Å². The Bertz CT molecular complexity index is 344. The monoisotopic (exact) mass is 299 g/mol. The predicted octanol–water partition coefficient (Wildman–Crippen LogP) is 0.620. The van der Waals surface area contributed by atoms with Crippen LogP contribution in [0.1, 0.15) is 58.3 Å². The van der Waals surface area contributed by atoms with E-state index >= 15 is 0 Å². The molecule has 0 saturated carbocycles. The minimum Gasteiger partial charge on any atom is -1.00 e. The summed E-state index contributed by atoms with van der Waals surface area (Å²) in [6.07, 6.45) is 12.9. The van der Waals surface area contributed by atoms with Gasteiger partial charge in [-0.25, -0.2) is 0 Å². The van der Waals surface area contributed by atoms with Gasteiger partial charge in [0.25, 0.3) is 6.73 Å². The Morgan fingerprint density at radius 2 is 1.55 bits per heavy atom. The number of rotatable bonds is 10. The molecule has 20 heavy (non-hydrogen) atoms. The van der Waals surface area contributed by atoms with Crippen molar-refractivity contribution < 1.29 is 26.5 Å². The van der Waals surface area contributed by atoms with Gasteiger partial charge in [-0.05, 0) is 6.42 Å². The standard InChI is InChI=1S/C16H26NO2.ClH/c1-2-3-4-5-6-7-9-12-16(18)19-15-17-13-10-8-11-14-17;/h8,10-11,13-14H,2-7,9,12,15H2,1H3;1H/q+1;/p-1. The second-order valence-electron chi connectivity index (χ2n) is 4.91. The lowest BCUT2D eigenvalue weighted by molar-refractivity contribution is -0.727. The van der Waals surface area contributed by atoms with Gasteiger partial charge in [0.15, 0.2) is 12.4 Å². The van der Waals surface area contributed by atoms with E-state index in [-0.39, 0.29) is 18.4 Å². The van der Waals surface area contributed by atoms with E-state index in [1.54, 1.807) is 0 Å². The Balaban J connectivity index is 0.00000361. The van der Waals surface area contributed by atoms with Crippen LogP contribution in [0.3, 0.4) is 0 Å². The molecule has 114 valence electrons. The van der Waals surface area contributed by atoms with Crippen LogP contribution in [0.4, 0.5) is 0 Å². The lowest BCUT2D eigenvalue weighted by atomic mass is 10.1. The largest absolute Gasteiger partial charge is 1.00 e. The molecular weight excluding hydrogens is 274 g/mol. The summed E-state index contributed by atoms with van der Waals surface area (Å²) < 4.78 is 7.05. The summed E-state index contributed by atoms with van der Waals surface area (Å²) in [5.74, 6) is -0.0927. The maximum atomic E-state index is 11.5. The molecule has 0 fully saturated rings. The fourth-order valence-corrected chi connectivity index (χ4v) is 1.97. The Labute approximate surface area is 128 Å². The highest BCUT2D eigenvalue weighted by Crippen LogP contribution is 2.08. The van der Waals surface area contributed by atoms with E-state index in [9.17, 15) is 4.79 Å². The molecule has 0 aliphatic carbocycles. The molecule has 0 amide bonds. The first-order valence-corrected chi connectivity index (χ1v) is 7.42. The van der Waals surface area contributed by atoms with Gasteiger partial charge in [0.2, 0.25) is 0 Å². The maximum Gasteiger partial charge on any atom is 0.310 e. The van der Waals surface area contributed by atoms with Crippen LogP contribution in [-0.4, -0.2) is 5.97 Å². The Morgan fingerprint density at radius 3 is 2.20 bits per heavy atom. The number of hydrogen-bond donors (Lipinski definition) is 0. The molecule has 1 aromatic heterocycles. The number of ether oxygens (including phenoxy) is 1. The highest BCUT2D eigenvalue weighted by Gasteiger charge is 2.05. The lowest BCUT2D eigenvalue weighted by Gasteiger charge is -2.02. The number of nitrogens with zero attached hydrogens (tertiary/aromatic N) is 1. The molecule has 0 atom stereocenters. The molecule has 0 bridgehead atoms. The fraction of sp³-hybridized carbons (Fsp3) is 0.625. The molecular formula is C16H26ClNO2. The van der Waals surface area contributed by atoms with E-state index in [0.717, 1.165) is 12.8 Å². The first kappa shape index (κ1) is 18.9. The Hall–Kier alpha value is -1.09. The van der Waals surface area contributed by atoms with Gasteiger partial charge in [0.1, 0.15) is 0 Å². The number of pyridine rings is 1. The van der Waals surface area contributed by atoms with Crippen LogP contribution in [0.5, 0.6) is 0 Å². The zero-order chi connectivity index (χ0) is 13.8. The molecule has 4 heteroatoms. The number of unbranched alkanes of at least 4 members (excludes halogenated alkanes) is 6. The van der Waals surface area contributed by atoms with Crippen LogP contribution >= 0.6 is 0 Å². The quantitative estimate of drug-likeness (QED) is 0.360. The second kappa shape index (κ2) is 12.9. The summed E-state index contributed by atoms with van der Waals surface area (Å²) in [5, 5.41) is 0. The smallest absolute Gasteiger partial charge is 0.310 e. The second-order valence-corrected chi connectivity index (χ2v) is 4.91. The maximum absolute atomic E-state index is 11.5. The molecule has 0 aromatic carbocycles. The Kier molecular flexibility index (Phi) is 12.2. The molecule has 1 aromatic rings. The molecule has 3 nitrogen and oxygen atoms in total. The van der Waals surface area contributed by atoms with Crippen molar-refractivity contribution >= 4 is 5.97 Å². The van der Waals surface area contributed by atoms with Crippen molar-refractivity contribution in [2.75, 3.05) is 0 Å². The van der Waals surface area contributed by atoms with E-state index in [1.807, 2.05) is 35.2 Å². The van der Waals surface area contributed by atoms with Crippen molar-refractivity contribution in [3.05, 3.63) is 30.6 Å². The summed E-state index contributed by atoms with van der Waals surface area (Å²) in [5.41, 5.74) is 0. The summed E-state index contributed by atoms with van der Waals surface area (Å²) in [4.78, 5) is 11.5. The first-order valence-electron chi connectivity index (χ1n) is 7.42. The van der Waals surface area contributed by atoms with Crippen molar-refractivity contribution in [1.29, 1.82) is 0 Å². The molecule has 0 spiro atoms. The summed E-state index contributed by atoms with van der Waals surface area (Å²) in [7, 11) is 0. The van der Waals surface area contributed by atoms with Gasteiger partial charge >= 0.3 is 5.97 Å². The lowest BCUT2D eigenvalue weighted by Crippen LogP contribution is -3.00. The van der Waals surface area contributed by atoms with Crippen LogP contribution < -0.4 is 17.0 Å². The molecule has 0 aliphatic rings. The number of esters is 1. The fourth-order valence-electron chi connectivity index (χ4n) is 1.97. The predicted molar refractivity (Wildman–Crippen MR) is 75.3 cm³/mol. The van der Waals surface area contributed by atoms with Crippen molar-refractivity contribution in [1.82, 2.24) is 0 Å². The van der Waals surface area contributed by atoms with Crippen molar-refractivity contribution in [3.63, 3.8) is 0 Å². The van der Waals surface area contributed by atoms with E-state index in [4.69, 9.17) is 4.74 Å². The number of halogens is 1. The highest BCUT2D eigenvalue weighted by molar-refractivity contribution is 5.68. The summed E-state index contributed by atoms with van der Waals surface area (Å²) in [6, 6.07) is 5.78. The SMILES string of the molecule is CCCCCCCCCC(=O)OC[n+]1ccccc1.[Cl-]. The van der Waals surface area contributed by atoms with Crippen LogP contribution in [0.25, 0.3) is 0 Å². The topological polar surface area (TPSA) is 30.2 Å². The minimum atomic E-state index is -0.0927. The third-order valence-corrected chi connectivity index (χ3v) is 3.14. The van der Waals surface area contributed by atoms with Gasteiger partial charge in [0, 0.05) is 18.6 Å². The average molecular weight is 300 g/mol. The van der Waals surface area contributed by atoms with E-state index in [1.165, 1.54) is 32.1 Å². The normalized spacial score (nSPS) is 9.85. The minimum absolute atomic E-state index is 0. The molecule has 1 rings (SSSR count). The highest BCUT2D eigenvalue weighted by atomic mass is 35.5. The average Bonchev–Trinajstić information content (AvgIpc) is 2.45. The zero-order valence-electron chi connectivity index (χ0n) is 12.4. The van der Waals surface area contributed by atoms with Crippen molar-refractivity contribution in [2.24, 2.45) is 0 Å². The first-order chi connectivity index (χ1) is 9.33. The molecule has 1 heterocycles. The van der Waals surface area contributed by atoms with Crippen LogP contribution in [-0.2, 0) is 16.3 Å². The number of carbonyl (C=O) groups is 1. The number of hydrogen-bond acceptors (Lipinski definition) is 2. The van der Waals surface area contributed by atoms with Gasteiger partial charge < -0.3 is 17.1 Å². The third kappa shape index (κ3) is 9.79. The van der Waals surface area contributed by atoms with Gasteiger partial charge in [-0.15, -0.1) is 0 Å². The number of carbonyl (C=O) groups excluding carboxylic acids is 1. The van der Waals surface area contributed by atoms with Gasteiger partial charge in [0.05, 0.1) is 0 Å². The molecule has 0 saturated heterocycles.